The molecule has 7 nitrogen and oxygen atoms in total. The van der Waals surface area contributed by atoms with Gasteiger partial charge in [0.1, 0.15) is 5.75 Å². The Hall–Kier alpha value is -3.74. The van der Waals surface area contributed by atoms with Crippen molar-refractivity contribution in [1.82, 2.24) is 0 Å². The molecule has 4 atom stereocenters. The third-order valence-corrected chi connectivity index (χ3v) is 6.58. The number of nitrogens with zero attached hydrogens (tertiary/aromatic N) is 1. The highest BCUT2D eigenvalue weighted by atomic mass is 16.5. The average molecular weight is 431 g/mol. The second-order valence-corrected chi connectivity index (χ2v) is 8.29. The van der Waals surface area contributed by atoms with Gasteiger partial charge in [-0.25, -0.2) is 4.79 Å². The number of hydrogen-bond donors (Lipinski definition) is 0. The molecular weight excluding hydrogens is 410 g/mol. The van der Waals surface area contributed by atoms with E-state index in [4.69, 9.17) is 9.47 Å². The topological polar surface area (TPSA) is 90.0 Å². The molecule has 2 amide bonds. The van der Waals surface area contributed by atoms with Gasteiger partial charge in [0, 0.05) is 5.56 Å². The molecule has 1 saturated heterocycles. The number of Topliss-reactive ketones (excluding diaryl/α,β-unsaturated/α-hetero) is 1. The summed E-state index contributed by atoms with van der Waals surface area (Å²) in [6, 6.07) is 12.6. The van der Waals surface area contributed by atoms with Gasteiger partial charge in [0.2, 0.25) is 11.8 Å². The number of carbonyl (C=O) groups excluding carboxylic acids is 4. The number of methoxy groups -OCH3 is 1. The molecule has 162 valence electrons. The van der Waals surface area contributed by atoms with Crippen LogP contribution in [0.4, 0.5) is 5.69 Å². The second-order valence-electron chi connectivity index (χ2n) is 8.29. The van der Waals surface area contributed by atoms with Crippen LogP contribution in [-0.4, -0.2) is 37.3 Å². The number of amides is 2. The molecule has 0 unspecified atom stereocenters. The number of ether oxygens (including phenoxy) is 2. The third-order valence-electron chi connectivity index (χ3n) is 6.58. The first kappa shape index (κ1) is 20.2. The maximum Gasteiger partial charge on any atom is 0.338 e. The van der Waals surface area contributed by atoms with Gasteiger partial charge < -0.3 is 9.47 Å². The molecule has 2 aliphatic carbocycles. The number of fused-ring (bicyclic) bond motifs is 5. The monoisotopic (exact) mass is 431 g/mol. The summed E-state index contributed by atoms with van der Waals surface area (Å²) >= 11 is 0. The van der Waals surface area contributed by atoms with E-state index in [-0.39, 0.29) is 46.8 Å². The minimum atomic E-state index is -0.656. The SMILES string of the molecule is COc1ccc(C(=O)COC(=O)c2ccc(N3C(=O)[C@@H]4[C@@H](C3=O)[C@H]3C=C[C@H]4C3)cc2)cc1. The Morgan fingerprint density at radius 2 is 1.44 bits per heavy atom. The quantitative estimate of drug-likeness (QED) is 0.302. The van der Waals surface area contributed by atoms with E-state index in [1.807, 2.05) is 12.2 Å². The number of carbonyl (C=O) groups is 4. The minimum absolute atomic E-state index is 0.143. The van der Waals surface area contributed by atoms with Crippen molar-refractivity contribution in [3.8, 4) is 5.75 Å². The van der Waals surface area contributed by atoms with Crippen LogP contribution >= 0.6 is 0 Å². The smallest absolute Gasteiger partial charge is 0.338 e. The van der Waals surface area contributed by atoms with Crippen molar-refractivity contribution in [3.05, 3.63) is 71.8 Å². The van der Waals surface area contributed by atoms with Crippen LogP contribution in [0.2, 0.25) is 0 Å². The molecule has 2 aromatic rings. The van der Waals surface area contributed by atoms with Gasteiger partial charge >= 0.3 is 5.97 Å². The van der Waals surface area contributed by atoms with Crippen molar-refractivity contribution in [2.75, 3.05) is 18.6 Å². The standard InChI is InChI=1S/C25H21NO6/c1-31-19-10-6-14(7-11-19)20(27)13-32-25(30)15-4-8-18(9-5-15)26-23(28)21-16-2-3-17(12-16)22(21)24(26)29/h2-11,16-17,21-22H,12-13H2,1H3/t16-,17-,21-,22-/m0/s1. The zero-order chi connectivity index (χ0) is 22.4. The number of anilines is 1. The number of rotatable bonds is 6. The first-order chi connectivity index (χ1) is 15.5. The van der Waals surface area contributed by atoms with Gasteiger partial charge in [-0.05, 0) is 66.8 Å². The van der Waals surface area contributed by atoms with E-state index >= 15 is 0 Å². The highest BCUT2D eigenvalue weighted by Gasteiger charge is 2.59. The van der Waals surface area contributed by atoms with Gasteiger partial charge in [-0.1, -0.05) is 12.2 Å². The van der Waals surface area contributed by atoms with Crippen LogP contribution in [0.5, 0.6) is 5.75 Å². The summed E-state index contributed by atoms with van der Waals surface area (Å²) in [5, 5.41) is 0. The fourth-order valence-corrected chi connectivity index (χ4v) is 4.98. The van der Waals surface area contributed by atoms with Crippen molar-refractivity contribution in [2.45, 2.75) is 6.42 Å². The van der Waals surface area contributed by atoms with E-state index in [2.05, 4.69) is 0 Å². The van der Waals surface area contributed by atoms with E-state index in [0.29, 0.717) is 17.0 Å². The summed E-state index contributed by atoms with van der Waals surface area (Å²) in [7, 11) is 1.53. The van der Waals surface area contributed by atoms with Crippen LogP contribution < -0.4 is 9.64 Å². The lowest BCUT2D eigenvalue weighted by Crippen LogP contribution is -2.32. The van der Waals surface area contributed by atoms with Gasteiger partial charge in [0.15, 0.2) is 12.4 Å². The molecule has 0 aromatic heterocycles. The molecule has 2 fully saturated rings. The Balaban J connectivity index is 1.23. The molecule has 3 aliphatic rings. The summed E-state index contributed by atoms with van der Waals surface area (Å²) in [5.74, 6) is -0.960. The van der Waals surface area contributed by atoms with Crippen LogP contribution in [0, 0.1) is 23.7 Å². The van der Waals surface area contributed by atoms with E-state index in [1.54, 1.807) is 36.4 Å². The maximum atomic E-state index is 12.9. The molecule has 7 heteroatoms. The Labute approximate surface area is 184 Å². The molecule has 1 aliphatic heterocycles. The van der Waals surface area contributed by atoms with Gasteiger partial charge in [-0.15, -0.1) is 0 Å². The fourth-order valence-electron chi connectivity index (χ4n) is 4.98. The summed E-state index contributed by atoms with van der Waals surface area (Å²) in [4.78, 5) is 51.6. The summed E-state index contributed by atoms with van der Waals surface area (Å²) in [5.41, 5.74) is 1.09. The predicted molar refractivity (Wildman–Crippen MR) is 114 cm³/mol. The lowest BCUT2D eigenvalue weighted by atomic mass is 9.85. The normalized spacial score (nSPS) is 25.2. The van der Waals surface area contributed by atoms with Crippen LogP contribution in [0.15, 0.2) is 60.7 Å². The molecule has 1 heterocycles. The van der Waals surface area contributed by atoms with E-state index in [9.17, 15) is 19.2 Å². The fraction of sp³-hybridized carbons (Fsp3) is 0.280. The number of ketones is 1. The number of allylic oxidation sites excluding steroid dienone is 2. The first-order valence-corrected chi connectivity index (χ1v) is 10.5. The van der Waals surface area contributed by atoms with Crippen molar-refractivity contribution in [1.29, 1.82) is 0 Å². The van der Waals surface area contributed by atoms with E-state index in [0.717, 1.165) is 6.42 Å². The molecule has 0 N–H and O–H groups in total. The van der Waals surface area contributed by atoms with E-state index < -0.39 is 12.6 Å². The van der Waals surface area contributed by atoms with Gasteiger partial charge in [-0.3, -0.25) is 19.3 Å². The lowest BCUT2D eigenvalue weighted by Gasteiger charge is -2.17. The number of esters is 1. The van der Waals surface area contributed by atoms with Crippen molar-refractivity contribution in [3.63, 3.8) is 0 Å². The summed E-state index contributed by atoms with van der Waals surface area (Å²) in [6.07, 6.45) is 4.97. The number of imide groups is 1. The number of hydrogen-bond acceptors (Lipinski definition) is 6. The van der Waals surface area contributed by atoms with Gasteiger partial charge in [-0.2, -0.15) is 0 Å². The highest BCUT2D eigenvalue weighted by molar-refractivity contribution is 6.22. The molecule has 0 spiro atoms. The predicted octanol–water partition coefficient (Wildman–Crippen LogP) is 3.05. The largest absolute Gasteiger partial charge is 0.497 e. The average Bonchev–Trinajstić information content (AvgIpc) is 3.51. The van der Waals surface area contributed by atoms with Crippen LogP contribution in [0.3, 0.4) is 0 Å². The van der Waals surface area contributed by atoms with Crippen LogP contribution in [0.1, 0.15) is 27.1 Å². The Kier molecular flexibility index (Phi) is 4.89. The van der Waals surface area contributed by atoms with Gasteiger partial charge in [0.05, 0.1) is 30.2 Å². The zero-order valence-corrected chi connectivity index (χ0v) is 17.4. The summed E-state index contributed by atoms with van der Waals surface area (Å²) in [6.45, 7) is -0.394. The maximum absolute atomic E-state index is 12.9. The summed E-state index contributed by atoms with van der Waals surface area (Å²) < 4.78 is 10.2. The van der Waals surface area contributed by atoms with Crippen molar-refractivity contribution >= 4 is 29.3 Å². The first-order valence-electron chi connectivity index (χ1n) is 10.5. The lowest BCUT2D eigenvalue weighted by molar-refractivity contribution is -0.123. The third kappa shape index (κ3) is 3.21. The van der Waals surface area contributed by atoms with Gasteiger partial charge in [0.25, 0.3) is 0 Å². The van der Waals surface area contributed by atoms with Crippen molar-refractivity contribution in [2.24, 2.45) is 23.7 Å². The van der Waals surface area contributed by atoms with Crippen molar-refractivity contribution < 1.29 is 28.7 Å². The van der Waals surface area contributed by atoms with Crippen LogP contribution in [0.25, 0.3) is 0 Å². The molecule has 32 heavy (non-hydrogen) atoms. The molecule has 1 saturated carbocycles. The molecule has 5 rings (SSSR count). The molecule has 2 aromatic carbocycles. The van der Waals surface area contributed by atoms with Crippen LogP contribution in [-0.2, 0) is 14.3 Å². The zero-order valence-electron chi connectivity index (χ0n) is 17.4. The number of benzene rings is 2. The second kappa shape index (κ2) is 7.75. The molecular formula is C25H21NO6. The highest BCUT2D eigenvalue weighted by Crippen LogP contribution is 2.53. The Morgan fingerprint density at radius 1 is 0.875 bits per heavy atom. The molecule has 2 bridgehead atoms. The Morgan fingerprint density at radius 3 is 2.00 bits per heavy atom. The minimum Gasteiger partial charge on any atom is -0.497 e. The van der Waals surface area contributed by atoms with E-state index in [1.165, 1.54) is 24.1 Å². The molecule has 0 radical (unpaired) electrons. The Bertz CT molecular complexity index is 1100.